The first-order chi connectivity index (χ1) is 6.52. The average Bonchev–Trinajstić information content (AvgIpc) is 2.17. The molecule has 0 saturated carbocycles. The molecular weight excluding hydrogens is 194 g/mol. The summed E-state index contributed by atoms with van der Waals surface area (Å²) in [5, 5.41) is 9.43. The Morgan fingerprint density at radius 1 is 1.29 bits per heavy atom. The van der Waals surface area contributed by atoms with Crippen LogP contribution in [0.2, 0.25) is 0 Å². The molecule has 0 saturated heterocycles. The van der Waals surface area contributed by atoms with E-state index in [1.807, 2.05) is 11.8 Å². The summed E-state index contributed by atoms with van der Waals surface area (Å²) in [6.45, 7) is 8.85. The molecule has 0 bridgehead atoms. The van der Waals surface area contributed by atoms with Crippen LogP contribution in [0.5, 0.6) is 0 Å². The van der Waals surface area contributed by atoms with E-state index in [0.29, 0.717) is 11.8 Å². The van der Waals surface area contributed by atoms with Crippen LogP contribution in [0.3, 0.4) is 0 Å². The number of nitrogens with two attached hydrogens (primary N) is 1. The second-order valence-electron chi connectivity index (χ2n) is 4.39. The van der Waals surface area contributed by atoms with Crippen molar-refractivity contribution in [1.29, 1.82) is 0 Å². The molecule has 0 fully saturated rings. The number of thioether (sulfide) groups is 1. The molecule has 0 amide bonds. The van der Waals surface area contributed by atoms with Crippen LogP contribution < -0.4 is 5.73 Å². The largest absolute Gasteiger partial charge is 0.395 e. The molecule has 0 aromatic rings. The van der Waals surface area contributed by atoms with Gasteiger partial charge in [-0.3, -0.25) is 0 Å². The van der Waals surface area contributed by atoms with Crippen LogP contribution >= 0.6 is 11.8 Å². The van der Waals surface area contributed by atoms with Crippen LogP contribution in [0.4, 0.5) is 0 Å². The highest BCUT2D eigenvalue weighted by Gasteiger charge is 2.20. The van der Waals surface area contributed by atoms with Gasteiger partial charge in [0.15, 0.2) is 0 Å². The van der Waals surface area contributed by atoms with Gasteiger partial charge in [0.25, 0.3) is 0 Å². The fraction of sp³-hybridized carbons (Fsp3) is 1.00. The van der Waals surface area contributed by atoms with Crippen LogP contribution in [0, 0.1) is 11.8 Å². The number of hydrogen-bond donors (Lipinski definition) is 2. The summed E-state index contributed by atoms with van der Waals surface area (Å²) in [5.41, 5.74) is 6.02. The number of aliphatic hydroxyl groups is 1. The molecule has 0 aliphatic carbocycles. The van der Waals surface area contributed by atoms with Gasteiger partial charge in [-0.2, -0.15) is 11.8 Å². The Bertz CT molecular complexity index is 141. The summed E-state index contributed by atoms with van der Waals surface area (Å²) in [5.74, 6) is 2.26. The molecule has 0 aliphatic heterocycles. The third-order valence-corrected chi connectivity index (χ3v) is 4.32. The molecule has 0 heterocycles. The van der Waals surface area contributed by atoms with E-state index in [0.717, 1.165) is 5.75 Å². The lowest BCUT2D eigenvalue weighted by atomic mass is 10.0. The van der Waals surface area contributed by atoms with Crippen LogP contribution in [-0.4, -0.2) is 28.8 Å². The van der Waals surface area contributed by atoms with E-state index in [-0.39, 0.29) is 17.9 Å². The van der Waals surface area contributed by atoms with Gasteiger partial charge in [-0.1, -0.05) is 34.1 Å². The maximum atomic E-state index is 9.23. The Morgan fingerprint density at radius 3 is 2.21 bits per heavy atom. The van der Waals surface area contributed by atoms with Gasteiger partial charge in [0.2, 0.25) is 0 Å². The zero-order chi connectivity index (χ0) is 11.1. The Kier molecular flexibility index (Phi) is 7.69. The first kappa shape index (κ1) is 14.3. The summed E-state index contributed by atoms with van der Waals surface area (Å²) in [6.07, 6.45) is 1.20. The highest BCUT2D eigenvalue weighted by atomic mass is 32.2. The zero-order valence-electron chi connectivity index (χ0n) is 9.86. The minimum absolute atomic E-state index is 0.106. The van der Waals surface area contributed by atoms with Crippen LogP contribution in [0.1, 0.15) is 34.1 Å². The third-order valence-electron chi connectivity index (χ3n) is 2.67. The summed E-state index contributed by atoms with van der Waals surface area (Å²) >= 11 is 1.82. The number of rotatable bonds is 7. The molecule has 0 rings (SSSR count). The van der Waals surface area contributed by atoms with Crippen molar-refractivity contribution in [2.45, 2.75) is 45.4 Å². The van der Waals surface area contributed by atoms with Crippen molar-refractivity contribution < 1.29 is 5.11 Å². The van der Waals surface area contributed by atoms with Crippen molar-refractivity contribution in [3.05, 3.63) is 0 Å². The zero-order valence-corrected chi connectivity index (χ0v) is 10.7. The highest BCUT2D eigenvalue weighted by molar-refractivity contribution is 8.00. The van der Waals surface area contributed by atoms with Crippen molar-refractivity contribution in [2.24, 2.45) is 17.6 Å². The van der Waals surface area contributed by atoms with Gasteiger partial charge in [-0.25, -0.2) is 0 Å². The molecular formula is C11H25NOS. The SMILES string of the molecule is CCC(C)CSC(CO)C(N)C(C)C. The first-order valence-corrected chi connectivity index (χ1v) is 6.55. The Labute approximate surface area is 92.6 Å². The van der Waals surface area contributed by atoms with E-state index in [2.05, 4.69) is 27.7 Å². The van der Waals surface area contributed by atoms with Gasteiger partial charge in [0, 0.05) is 11.3 Å². The lowest BCUT2D eigenvalue weighted by Crippen LogP contribution is -2.39. The summed E-state index contributed by atoms with van der Waals surface area (Å²) in [7, 11) is 0. The highest BCUT2D eigenvalue weighted by Crippen LogP contribution is 2.21. The van der Waals surface area contributed by atoms with Crippen molar-refractivity contribution >= 4 is 11.8 Å². The maximum Gasteiger partial charge on any atom is 0.0565 e. The predicted molar refractivity (Wildman–Crippen MR) is 65.6 cm³/mol. The van der Waals surface area contributed by atoms with Crippen LogP contribution in [0.15, 0.2) is 0 Å². The first-order valence-electron chi connectivity index (χ1n) is 5.50. The Balaban J connectivity index is 3.90. The van der Waals surface area contributed by atoms with Gasteiger partial charge in [0.05, 0.1) is 6.61 Å². The van der Waals surface area contributed by atoms with Gasteiger partial charge in [0.1, 0.15) is 0 Å². The van der Waals surface area contributed by atoms with Crippen LogP contribution in [0.25, 0.3) is 0 Å². The number of hydrogen-bond acceptors (Lipinski definition) is 3. The van der Waals surface area contributed by atoms with Gasteiger partial charge in [-0.05, 0) is 17.6 Å². The molecule has 0 aliphatic rings. The molecule has 14 heavy (non-hydrogen) atoms. The molecule has 0 aromatic carbocycles. The molecule has 86 valence electrons. The van der Waals surface area contributed by atoms with Gasteiger partial charge >= 0.3 is 0 Å². The summed E-state index contributed by atoms with van der Waals surface area (Å²) in [6, 6.07) is 0.106. The Hall–Kier alpha value is 0.270. The van der Waals surface area contributed by atoms with E-state index >= 15 is 0 Å². The lowest BCUT2D eigenvalue weighted by molar-refractivity contribution is 0.269. The lowest BCUT2D eigenvalue weighted by Gasteiger charge is -2.25. The molecule has 3 atom stereocenters. The minimum Gasteiger partial charge on any atom is -0.395 e. The maximum absolute atomic E-state index is 9.23. The monoisotopic (exact) mass is 219 g/mol. The number of aliphatic hydroxyl groups excluding tert-OH is 1. The Morgan fingerprint density at radius 2 is 1.86 bits per heavy atom. The topological polar surface area (TPSA) is 46.2 Å². The third kappa shape index (κ3) is 5.23. The smallest absolute Gasteiger partial charge is 0.0565 e. The summed E-state index contributed by atoms with van der Waals surface area (Å²) < 4.78 is 0. The predicted octanol–water partition coefficient (Wildman–Crippen LogP) is 2.11. The molecule has 3 N–H and O–H groups in total. The van der Waals surface area contributed by atoms with E-state index in [1.54, 1.807) is 0 Å². The van der Waals surface area contributed by atoms with Gasteiger partial charge in [-0.15, -0.1) is 0 Å². The molecule has 3 unspecified atom stereocenters. The van der Waals surface area contributed by atoms with Crippen LogP contribution in [-0.2, 0) is 0 Å². The second-order valence-corrected chi connectivity index (χ2v) is 5.66. The average molecular weight is 219 g/mol. The second kappa shape index (κ2) is 7.55. The van der Waals surface area contributed by atoms with Crippen molar-refractivity contribution in [1.82, 2.24) is 0 Å². The van der Waals surface area contributed by atoms with E-state index in [1.165, 1.54) is 6.42 Å². The standard InChI is InChI=1S/C11H25NOS/c1-5-9(4)7-14-10(6-13)11(12)8(2)3/h8-11,13H,5-7,12H2,1-4H3. The quantitative estimate of drug-likeness (QED) is 0.689. The van der Waals surface area contributed by atoms with E-state index in [4.69, 9.17) is 5.73 Å². The molecule has 3 heteroatoms. The van der Waals surface area contributed by atoms with Gasteiger partial charge < -0.3 is 10.8 Å². The fourth-order valence-electron chi connectivity index (χ4n) is 1.12. The molecule has 0 spiro atoms. The minimum atomic E-state index is 0.106. The fourth-order valence-corrected chi connectivity index (χ4v) is 2.57. The van der Waals surface area contributed by atoms with E-state index < -0.39 is 0 Å². The summed E-state index contributed by atoms with van der Waals surface area (Å²) in [4.78, 5) is 0. The van der Waals surface area contributed by atoms with E-state index in [9.17, 15) is 5.11 Å². The van der Waals surface area contributed by atoms with Crippen molar-refractivity contribution in [3.63, 3.8) is 0 Å². The normalized spacial score (nSPS) is 18.2. The molecule has 0 aromatic heterocycles. The molecule has 0 radical (unpaired) electrons. The molecule has 2 nitrogen and oxygen atoms in total. The van der Waals surface area contributed by atoms with Crippen molar-refractivity contribution in [3.8, 4) is 0 Å². The van der Waals surface area contributed by atoms with Crippen molar-refractivity contribution in [2.75, 3.05) is 12.4 Å².